The quantitative estimate of drug-likeness (QED) is 0.249. The number of carbonyl (C=O) groups excluding carboxylic acids is 2. The molecule has 1 aromatic heterocycles. The molecule has 0 aliphatic rings. The Morgan fingerprint density at radius 1 is 0.970 bits per heavy atom. The van der Waals surface area contributed by atoms with Crippen LogP contribution in [0.25, 0.3) is 22.8 Å². The lowest BCUT2D eigenvalue weighted by atomic mass is 10.1. The number of carbonyl (C=O) groups is 2. The Labute approximate surface area is 187 Å². The number of nitrogens with zero attached hydrogens (tertiary/aromatic N) is 2. The Morgan fingerprint density at radius 3 is 2.39 bits per heavy atom. The fourth-order valence-corrected chi connectivity index (χ4v) is 3.05. The lowest BCUT2D eigenvalue weighted by Gasteiger charge is -2.08. The molecule has 4 rings (SSSR count). The molecule has 1 amide bonds. The molecule has 1 N–H and O–H groups in total. The smallest absolute Gasteiger partial charge is 0.339 e. The van der Waals surface area contributed by atoms with Gasteiger partial charge in [0.25, 0.3) is 11.6 Å². The van der Waals surface area contributed by atoms with Crippen LogP contribution in [-0.2, 0) is 9.53 Å². The Kier molecular flexibility index (Phi) is 6.21. The van der Waals surface area contributed by atoms with E-state index in [1.165, 1.54) is 24.3 Å². The monoisotopic (exact) mass is 443 g/mol. The number of nitro groups is 1. The molecule has 9 nitrogen and oxygen atoms in total. The molecule has 4 aromatic rings. The van der Waals surface area contributed by atoms with Gasteiger partial charge in [0, 0.05) is 23.4 Å². The first-order valence-electron chi connectivity index (χ1n) is 9.83. The highest BCUT2D eigenvalue weighted by Crippen LogP contribution is 2.28. The number of anilines is 1. The van der Waals surface area contributed by atoms with Crippen molar-refractivity contribution < 1.29 is 23.7 Å². The normalized spacial score (nSPS) is 10.4. The van der Waals surface area contributed by atoms with E-state index in [0.29, 0.717) is 17.0 Å². The highest BCUT2D eigenvalue weighted by molar-refractivity contribution is 5.99. The lowest BCUT2D eigenvalue weighted by Crippen LogP contribution is -2.21. The molecule has 0 bridgehead atoms. The third-order valence-electron chi connectivity index (χ3n) is 4.64. The van der Waals surface area contributed by atoms with Crippen molar-refractivity contribution in [2.75, 3.05) is 11.9 Å². The van der Waals surface area contributed by atoms with E-state index >= 15 is 0 Å². The van der Waals surface area contributed by atoms with Gasteiger partial charge < -0.3 is 14.5 Å². The molecule has 1 heterocycles. The average molecular weight is 443 g/mol. The van der Waals surface area contributed by atoms with Crippen LogP contribution in [0.1, 0.15) is 10.4 Å². The first-order valence-corrected chi connectivity index (χ1v) is 9.83. The molecular weight excluding hydrogens is 426 g/mol. The zero-order valence-corrected chi connectivity index (χ0v) is 17.1. The molecule has 164 valence electrons. The Hall–Kier alpha value is -4.79. The summed E-state index contributed by atoms with van der Waals surface area (Å²) in [6, 6.07) is 21.3. The predicted octanol–water partition coefficient (Wildman–Crippen LogP) is 4.71. The van der Waals surface area contributed by atoms with Gasteiger partial charge in [-0.05, 0) is 24.3 Å². The van der Waals surface area contributed by atoms with Gasteiger partial charge in [0.15, 0.2) is 12.4 Å². The molecule has 33 heavy (non-hydrogen) atoms. The number of hydrogen-bond acceptors (Lipinski definition) is 7. The van der Waals surface area contributed by atoms with E-state index in [-0.39, 0.29) is 17.1 Å². The molecule has 0 fully saturated rings. The van der Waals surface area contributed by atoms with Crippen LogP contribution in [0, 0.1) is 10.1 Å². The Bertz CT molecular complexity index is 1300. The van der Waals surface area contributed by atoms with E-state index in [2.05, 4.69) is 10.3 Å². The van der Waals surface area contributed by atoms with E-state index in [9.17, 15) is 19.7 Å². The zero-order chi connectivity index (χ0) is 23.2. The van der Waals surface area contributed by atoms with Crippen LogP contribution in [0.3, 0.4) is 0 Å². The van der Waals surface area contributed by atoms with Crippen LogP contribution < -0.4 is 5.32 Å². The summed E-state index contributed by atoms with van der Waals surface area (Å²) in [5.74, 6) is -0.505. The maximum Gasteiger partial charge on any atom is 0.339 e. The largest absolute Gasteiger partial charge is 0.452 e. The minimum absolute atomic E-state index is 0.0991. The SMILES string of the molecule is O=C(COC(=O)c1ccccc1-c1ncc(-c2ccccc2)o1)Nc1ccc([N+](=O)[O-])cc1. The zero-order valence-electron chi connectivity index (χ0n) is 17.1. The number of ether oxygens (including phenoxy) is 1. The molecule has 0 saturated carbocycles. The fourth-order valence-electron chi connectivity index (χ4n) is 3.05. The molecular formula is C24H17N3O6. The highest BCUT2D eigenvalue weighted by Gasteiger charge is 2.19. The number of nitro benzene ring substituents is 1. The van der Waals surface area contributed by atoms with Gasteiger partial charge in [-0.3, -0.25) is 14.9 Å². The Balaban J connectivity index is 1.43. The second kappa shape index (κ2) is 9.56. The topological polar surface area (TPSA) is 125 Å². The van der Waals surface area contributed by atoms with Gasteiger partial charge >= 0.3 is 5.97 Å². The second-order valence-electron chi connectivity index (χ2n) is 6.87. The van der Waals surface area contributed by atoms with Gasteiger partial charge in [0.05, 0.1) is 22.2 Å². The van der Waals surface area contributed by atoms with Crippen molar-refractivity contribution in [3.05, 3.63) is 101 Å². The summed E-state index contributed by atoms with van der Waals surface area (Å²) < 4.78 is 11.0. The summed E-state index contributed by atoms with van der Waals surface area (Å²) in [5.41, 5.74) is 1.72. The number of nitrogens with one attached hydrogen (secondary N) is 1. The van der Waals surface area contributed by atoms with Gasteiger partial charge in [0.2, 0.25) is 5.89 Å². The van der Waals surface area contributed by atoms with Crippen molar-refractivity contribution in [3.63, 3.8) is 0 Å². The third kappa shape index (κ3) is 5.10. The highest BCUT2D eigenvalue weighted by atomic mass is 16.6. The van der Waals surface area contributed by atoms with E-state index in [4.69, 9.17) is 9.15 Å². The first kappa shape index (κ1) is 21.4. The van der Waals surface area contributed by atoms with Crippen molar-refractivity contribution in [1.82, 2.24) is 4.98 Å². The summed E-state index contributed by atoms with van der Waals surface area (Å²) in [5, 5.41) is 13.2. The number of hydrogen-bond donors (Lipinski definition) is 1. The molecule has 0 spiro atoms. The lowest BCUT2D eigenvalue weighted by molar-refractivity contribution is -0.384. The minimum atomic E-state index is -0.719. The number of aromatic nitrogens is 1. The van der Waals surface area contributed by atoms with Crippen LogP contribution in [0.15, 0.2) is 89.5 Å². The minimum Gasteiger partial charge on any atom is -0.452 e. The van der Waals surface area contributed by atoms with E-state index in [0.717, 1.165) is 5.56 Å². The maximum atomic E-state index is 12.6. The Morgan fingerprint density at radius 2 is 1.67 bits per heavy atom. The van der Waals surface area contributed by atoms with Crippen molar-refractivity contribution in [3.8, 4) is 22.8 Å². The summed E-state index contributed by atoms with van der Waals surface area (Å²) >= 11 is 0. The number of esters is 1. The van der Waals surface area contributed by atoms with Crippen LogP contribution >= 0.6 is 0 Å². The van der Waals surface area contributed by atoms with Crippen LogP contribution in [0.4, 0.5) is 11.4 Å². The molecule has 3 aromatic carbocycles. The van der Waals surface area contributed by atoms with Crippen molar-refractivity contribution in [2.24, 2.45) is 0 Å². The van der Waals surface area contributed by atoms with Crippen molar-refractivity contribution >= 4 is 23.3 Å². The van der Waals surface area contributed by atoms with Gasteiger partial charge in [0.1, 0.15) is 0 Å². The fraction of sp³-hybridized carbons (Fsp3) is 0.0417. The summed E-state index contributed by atoms with van der Waals surface area (Å²) in [6.07, 6.45) is 1.57. The van der Waals surface area contributed by atoms with Gasteiger partial charge in [-0.25, -0.2) is 9.78 Å². The molecule has 0 unspecified atom stereocenters. The van der Waals surface area contributed by atoms with Crippen LogP contribution in [0.2, 0.25) is 0 Å². The maximum absolute atomic E-state index is 12.6. The molecule has 9 heteroatoms. The summed E-state index contributed by atoms with van der Waals surface area (Å²) in [4.78, 5) is 39.2. The number of oxazole rings is 1. The molecule has 0 aliphatic heterocycles. The standard InChI is InChI=1S/C24H17N3O6/c28-22(26-17-10-12-18(13-11-17)27(30)31)15-32-24(29)20-9-5-4-8-19(20)23-25-14-21(33-23)16-6-2-1-3-7-16/h1-14H,15H2,(H,26,28). The summed E-state index contributed by atoms with van der Waals surface area (Å²) in [7, 11) is 0. The first-order chi connectivity index (χ1) is 16.0. The van der Waals surface area contributed by atoms with E-state index in [1.807, 2.05) is 30.3 Å². The summed E-state index contributed by atoms with van der Waals surface area (Å²) in [6.45, 7) is -0.537. The molecule has 0 radical (unpaired) electrons. The number of amides is 1. The van der Waals surface area contributed by atoms with Crippen molar-refractivity contribution in [2.45, 2.75) is 0 Å². The molecule has 0 saturated heterocycles. The van der Waals surface area contributed by atoms with Crippen LogP contribution in [0.5, 0.6) is 0 Å². The molecule has 0 atom stereocenters. The van der Waals surface area contributed by atoms with Gasteiger partial charge in [-0.2, -0.15) is 0 Å². The molecule has 0 aliphatic carbocycles. The van der Waals surface area contributed by atoms with E-state index < -0.39 is 23.4 Å². The third-order valence-corrected chi connectivity index (χ3v) is 4.64. The van der Waals surface area contributed by atoms with Gasteiger partial charge in [-0.1, -0.05) is 42.5 Å². The van der Waals surface area contributed by atoms with Crippen molar-refractivity contribution in [1.29, 1.82) is 0 Å². The van der Waals surface area contributed by atoms with Crippen LogP contribution in [-0.4, -0.2) is 28.4 Å². The van der Waals surface area contributed by atoms with E-state index in [1.54, 1.807) is 30.5 Å². The number of non-ortho nitro benzene ring substituents is 1. The number of rotatable bonds is 7. The average Bonchev–Trinajstić information content (AvgIpc) is 3.34. The van der Waals surface area contributed by atoms with Gasteiger partial charge in [-0.15, -0.1) is 0 Å². The predicted molar refractivity (Wildman–Crippen MR) is 119 cm³/mol. The second-order valence-corrected chi connectivity index (χ2v) is 6.87. The number of benzene rings is 3.